The molecular formula is C48H30N4. The molecule has 242 valence electrons. The van der Waals surface area contributed by atoms with Gasteiger partial charge in [0.25, 0.3) is 0 Å². The highest BCUT2D eigenvalue weighted by Crippen LogP contribution is 2.43. The van der Waals surface area contributed by atoms with E-state index < -0.39 is 132 Å². The maximum absolute atomic E-state index is 9.97. The lowest BCUT2D eigenvalue weighted by Gasteiger charge is -2.14. The minimum atomic E-state index is -0.791. The monoisotopic (exact) mass is 683 g/mol. The van der Waals surface area contributed by atoms with Gasteiger partial charge in [-0.3, -0.25) is 0 Å². The Kier molecular flexibility index (Phi) is 2.89. The van der Waals surface area contributed by atoms with E-state index in [4.69, 9.17) is 19.2 Å². The normalized spacial score (nSPS) is 17.9. The Morgan fingerprint density at radius 2 is 0.712 bits per heavy atom. The summed E-state index contributed by atoms with van der Waals surface area (Å²) in [5.41, 5.74) is -0.863. The molecule has 0 aliphatic carbocycles. The molecule has 0 N–H and O–H groups in total. The molecular weight excluding hydrogens is 633 g/mol. The molecule has 0 amide bonds. The molecule has 0 fully saturated rings. The van der Waals surface area contributed by atoms with Crippen LogP contribution in [0.3, 0.4) is 0 Å². The Morgan fingerprint density at radius 3 is 1.27 bits per heavy atom. The van der Waals surface area contributed by atoms with Crippen LogP contribution in [0.1, 0.15) is 28.8 Å². The summed E-state index contributed by atoms with van der Waals surface area (Å²) in [6, 6.07) is 1.70. The lowest BCUT2D eigenvalue weighted by Crippen LogP contribution is -2.00. The van der Waals surface area contributed by atoms with Gasteiger partial charge in [-0.1, -0.05) is 90.7 Å². The second kappa shape index (κ2) is 10.3. The number of fused-ring (bicyclic) bond motifs is 6. The fourth-order valence-corrected chi connectivity index (χ4v) is 7.53. The van der Waals surface area contributed by atoms with Gasteiger partial charge in [0.1, 0.15) is 0 Å². The minimum Gasteiger partial charge on any atom is -0.309 e. The van der Waals surface area contributed by atoms with Crippen LogP contribution in [0.15, 0.2) is 181 Å². The zero-order valence-electron chi connectivity index (χ0n) is 47.5. The second-order valence-electron chi connectivity index (χ2n) is 12.2. The van der Waals surface area contributed by atoms with Crippen LogP contribution in [0.2, 0.25) is 0 Å². The van der Waals surface area contributed by atoms with Crippen LogP contribution < -0.4 is 0 Å². The van der Waals surface area contributed by atoms with Crippen molar-refractivity contribution in [3.63, 3.8) is 0 Å². The summed E-state index contributed by atoms with van der Waals surface area (Å²) in [4.78, 5) is 0. The van der Waals surface area contributed by atoms with Crippen LogP contribution in [0.25, 0.3) is 99.2 Å². The second-order valence-corrected chi connectivity index (χ2v) is 12.2. The van der Waals surface area contributed by atoms with Gasteiger partial charge in [-0.2, -0.15) is 0 Å². The molecule has 0 radical (unpaired) electrons. The predicted octanol–water partition coefficient (Wildman–Crippen LogP) is 12.4. The van der Waals surface area contributed by atoms with E-state index in [1.807, 2.05) is 0 Å². The summed E-state index contributed by atoms with van der Waals surface area (Å²) in [6.45, 7) is 0. The van der Waals surface area contributed by atoms with Crippen molar-refractivity contribution in [2.75, 3.05) is 0 Å². The van der Waals surface area contributed by atoms with Crippen molar-refractivity contribution in [3.8, 4) is 22.7 Å². The standard InChI is InChI=1S/C48H30N4/c1-2-13-31(14-3-1)49-43-23-11-25-45-47(43)48-44(49)24-12-26-46(48)52(45)33-16-10-15-32(29-33)50-41-22-9-6-19-37(41)38-30-34(27-28-42(38)50)51-39-20-7-4-17-35(39)36-18-5-8-21-40(36)51/h1-30H/i4D,5D,6D,7D,8D,9D,11D,12D,17D,18D,19D,20D,21D,22D,23D,24D,25D,26D,27D,28D,30D. The third kappa shape index (κ3) is 3.60. The van der Waals surface area contributed by atoms with Crippen molar-refractivity contribution < 1.29 is 28.8 Å². The first kappa shape index (κ1) is 14.7. The van der Waals surface area contributed by atoms with Crippen LogP contribution in [0.5, 0.6) is 0 Å². The van der Waals surface area contributed by atoms with Gasteiger partial charge < -0.3 is 18.3 Å². The van der Waals surface area contributed by atoms with Crippen LogP contribution in [0.4, 0.5) is 0 Å². The Bertz CT molecular complexity index is 4410. The SMILES string of the molecule is [2H]c1c([2H])c([2H])c2c(c1[2H])c1c([2H])c(-n3c4c([2H])c([2H])c([2H])c([2H])c4c4c([2H])c([2H])c([2H])c([2H])c43)c([2H])c([2H])c1n2-c1cccc(-n2c3c([2H])c([2H])c([2H])c4c3c3c(c([2H])c([2H])c([2H])c32)n4-c2ccccc2)c1. The predicted molar refractivity (Wildman–Crippen MR) is 217 cm³/mol. The maximum Gasteiger partial charge on any atom is 0.0652 e. The first-order chi connectivity index (χ1) is 34.6. The largest absolute Gasteiger partial charge is 0.309 e. The van der Waals surface area contributed by atoms with Gasteiger partial charge in [-0.05, 0) is 90.8 Å². The van der Waals surface area contributed by atoms with Crippen molar-refractivity contribution in [3.05, 3.63) is 181 Å². The first-order valence-electron chi connectivity index (χ1n) is 26.7. The molecule has 4 aromatic heterocycles. The minimum absolute atomic E-state index is 0.0558. The topological polar surface area (TPSA) is 19.7 Å². The third-order valence-electron chi connectivity index (χ3n) is 9.58. The summed E-state index contributed by atoms with van der Waals surface area (Å²) in [7, 11) is 0. The number of hydrogen-bond acceptors (Lipinski definition) is 0. The molecule has 0 unspecified atom stereocenters. The highest BCUT2D eigenvalue weighted by Gasteiger charge is 2.23. The zero-order valence-corrected chi connectivity index (χ0v) is 26.5. The van der Waals surface area contributed by atoms with Gasteiger partial charge in [-0.15, -0.1) is 0 Å². The molecule has 0 bridgehead atoms. The number of hydrogen-bond donors (Lipinski definition) is 0. The number of nitrogens with zero attached hydrogens (tertiary/aromatic N) is 4. The highest BCUT2D eigenvalue weighted by atomic mass is 15.0. The summed E-state index contributed by atoms with van der Waals surface area (Å²) >= 11 is 0. The molecule has 4 nitrogen and oxygen atoms in total. The fourth-order valence-electron chi connectivity index (χ4n) is 7.53. The van der Waals surface area contributed by atoms with Crippen LogP contribution in [0, 0.1) is 0 Å². The molecule has 12 aromatic rings. The Labute approximate surface area is 328 Å². The van der Waals surface area contributed by atoms with Gasteiger partial charge in [0.05, 0.1) is 72.9 Å². The molecule has 0 saturated carbocycles. The van der Waals surface area contributed by atoms with E-state index in [0.717, 1.165) is 4.57 Å². The molecule has 0 aliphatic heterocycles. The maximum atomic E-state index is 9.97. The van der Waals surface area contributed by atoms with E-state index in [0.29, 0.717) is 5.69 Å². The van der Waals surface area contributed by atoms with E-state index >= 15 is 0 Å². The number of rotatable bonds is 4. The van der Waals surface area contributed by atoms with Gasteiger partial charge in [0, 0.05) is 55.1 Å². The summed E-state index contributed by atoms with van der Waals surface area (Å²) < 4.78 is 196. The molecule has 0 atom stereocenters. The van der Waals surface area contributed by atoms with E-state index in [1.165, 1.54) is 27.3 Å². The number of para-hydroxylation sites is 4. The van der Waals surface area contributed by atoms with Crippen molar-refractivity contribution >= 4 is 76.5 Å². The number of benzene rings is 8. The molecule has 0 spiro atoms. The highest BCUT2D eigenvalue weighted by molar-refractivity contribution is 6.25. The zero-order chi connectivity index (χ0) is 52.2. The van der Waals surface area contributed by atoms with Crippen molar-refractivity contribution in [2.24, 2.45) is 0 Å². The van der Waals surface area contributed by atoms with E-state index in [9.17, 15) is 9.60 Å². The van der Waals surface area contributed by atoms with Gasteiger partial charge in [0.15, 0.2) is 0 Å². The molecule has 4 heterocycles. The molecule has 8 aromatic carbocycles. The molecule has 0 saturated heterocycles. The third-order valence-corrected chi connectivity index (χ3v) is 9.58. The van der Waals surface area contributed by atoms with Crippen LogP contribution in [-0.4, -0.2) is 18.3 Å². The smallest absolute Gasteiger partial charge is 0.0652 e. The van der Waals surface area contributed by atoms with Crippen LogP contribution in [-0.2, 0) is 0 Å². The summed E-state index contributed by atoms with van der Waals surface area (Å²) in [5, 5.41) is -0.782. The summed E-state index contributed by atoms with van der Waals surface area (Å²) in [5.74, 6) is 0. The summed E-state index contributed by atoms with van der Waals surface area (Å²) in [6.07, 6.45) is 0. The van der Waals surface area contributed by atoms with Crippen molar-refractivity contribution in [2.45, 2.75) is 0 Å². The van der Waals surface area contributed by atoms with E-state index in [2.05, 4.69) is 0 Å². The Morgan fingerprint density at radius 1 is 0.308 bits per heavy atom. The Hall–Kier alpha value is -7.04. The average Bonchev–Trinajstić information content (AvgIpc) is 4.14. The van der Waals surface area contributed by atoms with Crippen molar-refractivity contribution in [1.29, 1.82) is 0 Å². The average molecular weight is 684 g/mol. The first-order valence-corrected chi connectivity index (χ1v) is 16.2. The quantitative estimate of drug-likeness (QED) is 0.176. The van der Waals surface area contributed by atoms with Crippen LogP contribution >= 0.6 is 0 Å². The number of aromatic nitrogens is 4. The molecule has 0 aliphatic rings. The Balaban J connectivity index is 1.24. The van der Waals surface area contributed by atoms with E-state index in [-0.39, 0.29) is 88.9 Å². The van der Waals surface area contributed by atoms with Gasteiger partial charge in [-0.25, -0.2) is 0 Å². The molecule has 52 heavy (non-hydrogen) atoms. The lowest BCUT2D eigenvalue weighted by atomic mass is 10.1. The van der Waals surface area contributed by atoms with Gasteiger partial charge in [0.2, 0.25) is 0 Å². The molecule has 4 heteroatoms. The van der Waals surface area contributed by atoms with Gasteiger partial charge >= 0.3 is 0 Å². The molecule has 12 rings (SSSR count). The van der Waals surface area contributed by atoms with Crippen molar-refractivity contribution in [1.82, 2.24) is 18.3 Å². The fraction of sp³-hybridized carbons (Fsp3) is 0. The van der Waals surface area contributed by atoms with E-state index in [1.54, 1.807) is 41.0 Å². The lowest BCUT2D eigenvalue weighted by molar-refractivity contribution is 1.13.